The number of rotatable bonds is 7. The molecule has 0 saturated heterocycles. The standard InChI is InChI=1S/C22H30N4O3/c1-14(2)13-23-21(27)19-18-7-5-6-12-26(18)20(25-19)22(28)24-16-8-10-17(11-9-16)29-15(3)4/h8-11,14-15H,5-7,12-13H2,1-4H3,(H,23,27)(H,24,28). The fraction of sp³-hybridized carbons (Fsp3) is 0.500. The Morgan fingerprint density at radius 2 is 1.83 bits per heavy atom. The molecule has 0 unspecified atom stereocenters. The Bertz CT molecular complexity index is 869. The topological polar surface area (TPSA) is 85.2 Å². The Balaban J connectivity index is 1.78. The van der Waals surface area contributed by atoms with Crippen LogP contribution >= 0.6 is 0 Å². The lowest BCUT2D eigenvalue weighted by atomic mass is 10.1. The maximum Gasteiger partial charge on any atom is 0.291 e. The molecule has 29 heavy (non-hydrogen) atoms. The van der Waals surface area contributed by atoms with Crippen molar-refractivity contribution >= 4 is 17.5 Å². The number of carbonyl (C=O) groups is 2. The van der Waals surface area contributed by atoms with Gasteiger partial charge in [0.15, 0.2) is 5.82 Å². The van der Waals surface area contributed by atoms with E-state index in [1.165, 1.54) is 0 Å². The minimum atomic E-state index is -0.311. The SMILES string of the molecule is CC(C)CNC(=O)c1nc(C(=O)Nc2ccc(OC(C)C)cc2)n2c1CCCC2. The maximum absolute atomic E-state index is 12.9. The molecule has 1 aliphatic rings. The zero-order valence-electron chi connectivity index (χ0n) is 17.6. The van der Waals surface area contributed by atoms with E-state index in [-0.39, 0.29) is 23.7 Å². The van der Waals surface area contributed by atoms with Gasteiger partial charge in [0, 0.05) is 18.8 Å². The Hall–Kier alpha value is -2.83. The van der Waals surface area contributed by atoms with Crippen LogP contribution in [0.4, 0.5) is 5.69 Å². The molecule has 3 rings (SSSR count). The quantitative estimate of drug-likeness (QED) is 0.746. The van der Waals surface area contributed by atoms with E-state index in [2.05, 4.69) is 15.6 Å². The minimum absolute atomic E-state index is 0.0899. The largest absolute Gasteiger partial charge is 0.491 e. The van der Waals surface area contributed by atoms with Gasteiger partial charge in [-0.15, -0.1) is 0 Å². The van der Waals surface area contributed by atoms with Gasteiger partial charge in [-0.05, 0) is 63.3 Å². The second kappa shape index (κ2) is 9.11. The maximum atomic E-state index is 12.9. The number of fused-ring (bicyclic) bond motifs is 1. The smallest absolute Gasteiger partial charge is 0.291 e. The lowest BCUT2D eigenvalue weighted by Gasteiger charge is -2.17. The summed E-state index contributed by atoms with van der Waals surface area (Å²) in [7, 11) is 0. The first-order chi connectivity index (χ1) is 13.8. The molecule has 2 aromatic rings. The molecule has 0 bridgehead atoms. The fourth-order valence-corrected chi connectivity index (χ4v) is 3.35. The first-order valence-corrected chi connectivity index (χ1v) is 10.3. The van der Waals surface area contributed by atoms with Gasteiger partial charge in [0.1, 0.15) is 11.4 Å². The second-order valence-electron chi connectivity index (χ2n) is 8.09. The van der Waals surface area contributed by atoms with E-state index in [4.69, 9.17) is 4.74 Å². The van der Waals surface area contributed by atoms with E-state index >= 15 is 0 Å². The summed E-state index contributed by atoms with van der Waals surface area (Å²) in [6, 6.07) is 7.24. The summed E-state index contributed by atoms with van der Waals surface area (Å²) in [5.41, 5.74) is 1.88. The van der Waals surface area contributed by atoms with Gasteiger partial charge in [0.25, 0.3) is 11.8 Å². The van der Waals surface area contributed by atoms with Crippen LogP contribution in [-0.2, 0) is 13.0 Å². The van der Waals surface area contributed by atoms with Crippen molar-refractivity contribution in [2.75, 3.05) is 11.9 Å². The average molecular weight is 399 g/mol. The first-order valence-electron chi connectivity index (χ1n) is 10.3. The van der Waals surface area contributed by atoms with Crippen LogP contribution in [0.3, 0.4) is 0 Å². The zero-order chi connectivity index (χ0) is 21.0. The lowest BCUT2D eigenvalue weighted by molar-refractivity contribution is 0.0943. The molecular formula is C22H30N4O3. The van der Waals surface area contributed by atoms with E-state index in [0.717, 1.165) is 30.7 Å². The highest BCUT2D eigenvalue weighted by atomic mass is 16.5. The number of aromatic nitrogens is 2. The van der Waals surface area contributed by atoms with Gasteiger partial charge in [0.2, 0.25) is 0 Å². The molecule has 1 aromatic carbocycles. The van der Waals surface area contributed by atoms with Gasteiger partial charge in [-0.25, -0.2) is 4.98 Å². The lowest BCUT2D eigenvalue weighted by Crippen LogP contribution is -2.29. The monoisotopic (exact) mass is 398 g/mol. The summed E-state index contributed by atoms with van der Waals surface area (Å²) in [6.45, 7) is 9.29. The number of nitrogens with one attached hydrogen (secondary N) is 2. The normalized spacial score (nSPS) is 13.3. The third-order valence-corrected chi connectivity index (χ3v) is 4.69. The molecule has 1 aliphatic heterocycles. The third kappa shape index (κ3) is 5.16. The van der Waals surface area contributed by atoms with Gasteiger partial charge >= 0.3 is 0 Å². The van der Waals surface area contributed by atoms with Crippen molar-refractivity contribution in [3.8, 4) is 5.75 Å². The first kappa shape index (κ1) is 20.9. The molecule has 7 heteroatoms. The second-order valence-corrected chi connectivity index (χ2v) is 8.09. The van der Waals surface area contributed by atoms with Crippen LogP contribution in [0.1, 0.15) is 67.3 Å². The molecule has 0 atom stereocenters. The molecule has 2 amide bonds. The number of benzene rings is 1. The van der Waals surface area contributed by atoms with Gasteiger partial charge in [-0.3, -0.25) is 9.59 Å². The van der Waals surface area contributed by atoms with Crippen molar-refractivity contribution in [1.29, 1.82) is 0 Å². The van der Waals surface area contributed by atoms with Crippen molar-refractivity contribution in [3.05, 3.63) is 41.5 Å². The fourth-order valence-electron chi connectivity index (χ4n) is 3.35. The Morgan fingerprint density at radius 3 is 2.48 bits per heavy atom. The number of ether oxygens (including phenoxy) is 1. The van der Waals surface area contributed by atoms with E-state index in [1.54, 1.807) is 12.1 Å². The van der Waals surface area contributed by atoms with E-state index < -0.39 is 0 Å². The number of imidazole rings is 1. The molecule has 7 nitrogen and oxygen atoms in total. The highest BCUT2D eigenvalue weighted by Crippen LogP contribution is 2.23. The van der Waals surface area contributed by atoms with Gasteiger partial charge in [-0.1, -0.05) is 13.8 Å². The molecule has 156 valence electrons. The van der Waals surface area contributed by atoms with Crippen LogP contribution in [0.15, 0.2) is 24.3 Å². The predicted octanol–water partition coefficient (Wildman–Crippen LogP) is 3.64. The van der Waals surface area contributed by atoms with E-state index in [9.17, 15) is 9.59 Å². The number of hydrogen-bond donors (Lipinski definition) is 2. The summed E-state index contributed by atoms with van der Waals surface area (Å²) in [6.07, 6.45) is 2.81. The van der Waals surface area contributed by atoms with Crippen molar-refractivity contribution in [1.82, 2.24) is 14.9 Å². The third-order valence-electron chi connectivity index (χ3n) is 4.69. The molecule has 2 heterocycles. The van der Waals surface area contributed by atoms with Crippen LogP contribution in [-0.4, -0.2) is 34.0 Å². The van der Waals surface area contributed by atoms with E-state index in [0.29, 0.717) is 30.4 Å². The van der Waals surface area contributed by atoms with Crippen LogP contribution in [0.25, 0.3) is 0 Å². The zero-order valence-corrected chi connectivity index (χ0v) is 17.6. The summed E-state index contributed by atoms with van der Waals surface area (Å²) in [4.78, 5) is 29.9. The Morgan fingerprint density at radius 1 is 1.10 bits per heavy atom. The number of anilines is 1. The van der Waals surface area contributed by atoms with Crippen LogP contribution in [0.2, 0.25) is 0 Å². The van der Waals surface area contributed by atoms with Crippen LogP contribution in [0, 0.1) is 5.92 Å². The van der Waals surface area contributed by atoms with Crippen molar-refractivity contribution < 1.29 is 14.3 Å². The molecule has 2 N–H and O–H groups in total. The average Bonchev–Trinajstić information content (AvgIpc) is 3.07. The summed E-state index contributed by atoms with van der Waals surface area (Å²) in [5, 5.41) is 5.79. The minimum Gasteiger partial charge on any atom is -0.491 e. The van der Waals surface area contributed by atoms with Gasteiger partial charge < -0.3 is 19.9 Å². The Kier molecular flexibility index (Phi) is 6.56. The summed E-state index contributed by atoms with van der Waals surface area (Å²) < 4.78 is 7.52. The highest BCUT2D eigenvalue weighted by molar-refractivity contribution is 6.03. The number of carbonyl (C=O) groups excluding carboxylic acids is 2. The summed E-state index contributed by atoms with van der Waals surface area (Å²) >= 11 is 0. The van der Waals surface area contributed by atoms with Crippen LogP contribution < -0.4 is 15.4 Å². The molecule has 0 spiro atoms. The predicted molar refractivity (Wildman–Crippen MR) is 112 cm³/mol. The molecule has 0 radical (unpaired) electrons. The molecule has 0 aliphatic carbocycles. The number of amides is 2. The van der Waals surface area contributed by atoms with Crippen LogP contribution in [0.5, 0.6) is 5.75 Å². The number of hydrogen-bond acceptors (Lipinski definition) is 4. The summed E-state index contributed by atoms with van der Waals surface area (Å²) in [5.74, 6) is 0.868. The van der Waals surface area contributed by atoms with E-state index in [1.807, 2.05) is 44.4 Å². The molecule has 1 aromatic heterocycles. The van der Waals surface area contributed by atoms with Gasteiger partial charge in [0.05, 0.1) is 11.8 Å². The van der Waals surface area contributed by atoms with Crippen molar-refractivity contribution in [3.63, 3.8) is 0 Å². The molecule has 0 saturated carbocycles. The molecular weight excluding hydrogens is 368 g/mol. The molecule has 0 fully saturated rings. The number of nitrogens with zero attached hydrogens (tertiary/aromatic N) is 2. The van der Waals surface area contributed by atoms with Crippen molar-refractivity contribution in [2.45, 2.75) is 59.6 Å². The highest BCUT2D eigenvalue weighted by Gasteiger charge is 2.27. The Labute approximate surface area is 171 Å². The van der Waals surface area contributed by atoms with Crippen molar-refractivity contribution in [2.24, 2.45) is 5.92 Å². The van der Waals surface area contributed by atoms with Gasteiger partial charge in [-0.2, -0.15) is 0 Å².